The number of rotatable bonds is 6. The lowest BCUT2D eigenvalue weighted by Gasteiger charge is -2.15. The first-order valence-electron chi connectivity index (χ1n) is 7.79. The van der Waals surface area contributed by atoms with Crippen LogP contribution in [0.25, 0.3) is 11.4 Å². The molecule has 1 aromatic carbocycles. The van der Waals surface area contributed by atoms with E-state index in [4.69, 9.17) is 14.0 Å². The van der Waals surface area contributed by atoms with Crippen LogP contribution in [0.2, 0.25) is 0 Å². The molecule has 0 saturated carbocycles. The van der Waals surface area contributed by atoms with Gasteiger partial charge in [-0.15, -0.1) is 0 Å². The van der Waals surface area contributed by atoms with Gasteiger partial charge in [-0.05, 0) is 30.3 Å². The van der Waals surface area contributed by atoms with Crippen LogP contribution in [0.4, 0.5) is 5.69 Å². The summed E-state index contributed by atoms with van der Waals surface area (Å²) in [5.74, 6) is 1.87. The van der Waals surface area contributed by atoms with Crippen molar-refractivity contribution < 1.29 is 14.0 Å². The molecule has 0 amide bonds. The molecule has 1 N–H and O–H groups in total. The Labute approximate surface area is 150 Å². The molecule has 0 saturated heterocycles. The number of methoxy groups -OCH3 is 2. The first-order chi connectivity index (χ1) is 12.6. The summed E-state index contributed by atoms with van der Waals surface area (Å²) in [6.07, 6.45) is 1.58. The molecule has 0 radical (unpaired) electrons. The van der Waals surface area contributed by atoms with E-state index in [2.05, 4.69) is 26.5 Å². The number of pyridine rings is 1. The molecule has 0 bridgehead atoms. The molecule has 8 heteroatoms. The van der Waals surface area contributed by atoms with E-state index in [1.54, 1.807) is 19.2 Å². The summed E-state index contributed by atoms with van der Waals surface area (Å²) in [6, 6.07) is 10.8. The molecule has 0 aliphatic carbocycles. The second-order valence-corrected chi connectivity index (χ2v) is 5.40. The predicted octanol–water partition coefficient (Wildman–Crippen LogP) is 3.13. The van der Waals surface area contributed by atoms with E-state index in [-0.39, 0.29) is 0 Å². The maximum Gasteiger partial charge on any atom is 0.256 e. The molecule has 3 rings (SSSR count). The average molecular weight is 351 g/mol. The van der Waals surface area contributed by atoms with E-state index in [9.17, 15) is 5.26 Å². The Balaban J connectivity index is 1.79. The van der Waals surface area contributed by atoms with Crippen LogP contribution in [-0.2, 0) is 0 Å². The van der Waals surface area contributed by atoms with Gasteiger partial charge in [-0.25, -0.2) is 4.98 Å². The van der Waals surface area contributed by atoms with Crippen LogP contribution in [0.3, 0.4) is 0 Å². The number of ether oxygens (including phenoxy) is 2. The zero-order valence-corrected chi connectivity index (χ0v) is 14.6. The van der Waals surface area contributed by atoms with E-state index < -0.39 is 6.04 Å². The number of hydrogen-bond donors (Lipinski definition) is 1. The Bertz CT molecular complexity index is 931. The second-order valence-electron chi connectivity index (χ2n) is 5.40. The van der Waals surface area contributed by atoms with Gasteiger partial charge in [0.25, 0.3) is 5.88 Å². The maximum absolute atomic E-state index is 9.52. The highest BCUT2D eigenvalue weighted by Gasteiger charge is 2.15. The molecule has 0 fully saturated rings. The minimum absolute atomic E-state index is 0.368. The van der Waals surface area contributed by atoms with Gasteiger partial charge < -0.3 is 19.3 Å². The van der Waals surface area contributed by atoms with Crippen molar-refractivity contribution in [1.82, 2.24) is 15.1 Å². The number of anilines is 1. The molecular weight excluding hydrogens is 334 g/mol. The highest BCUT2D eigenvalue weighted by Crippen LogP contribution is 2.29. The second kappa shape index (κ2) is 7.53. The zero-order chi connectivity index (χ0) is 18.5. The summed E-state index contributed by atoms with van der Waals surface area (Å²) in [4.78, 5) is 8.36. The predicted molar refractivity (Wildman–Crippen MR) is 93.8 cm³/mol. The van der Waals surface area contributed by atoms with Crippen molar-refractivity contribution in [3.63, 3.8) is 0 Å². The Kier molecular flexibility index (Phi) is 4.99. The number of nitrogens with zero attached hydrogens (tertiary/aromatic N) is 4. The van der Waals surface area contributed by atoms with Crippen molar-refractivity contribution in [3.8, 4) is 29.1 Å². The molecule has 0 aliphatic heterocycles. The largest absolute Gasteiger partial charge is 0.491 e. The molecule has 3 aromatic rings. The quantitative estimate of drug-likeness (QED) is 0.722. The summed E-state index contributed by atoms with van der Waals surface area (Å²) in [6.45, 7) is 1.74. The number of hydrogen-bond acceptors (Lipinski definition) is 8. The summed E-state index contributed by atoms with van der Waals surface area (Å²) >= 11 is 0. The maximum atomic E-state index is 9.52. The summed E-state index contributed by atoms with van der Waals surface area (Å²) in [5.41, 5.74) is 2.27. The standard InChI is InChI=1S/C18H17N5O3/c1-11-21-17(23-26-11)12-4-6-14(7-5-12)22-15(9-19)13-8-16(24-2)18(25-3)20-10-13/h4-8,10,15,22H,1-3H3. The lowest BCUT2D eigenvalue weighted by molar-refractivity contribution is 0.342. The first kappa shape index (κ1) is 17.2. The van der Waals surface area contributed by atoms with Crippen molar-refractivity contribution >= 4 is 5.69 Å². The van der Waals surface area contributed by atoms with Gasteiger partial charge in [0, 0.05) is 29.9 Å². The fourth-order valence-corrected chi connectivity index (χ4v) is 2.39. The Hall–Kier alpha value is -3.60. The molecule has 0 spiro atoms. The number of aryl methyl sites for hydroxylation is 1. The van der Waals surface area contributed by atoms with Gasteiger partial charge >= 0.3 is 0 Å². The van der Waals surface area contributed by atoms with Crippen LogP contribution in [0.15, 0.2) is 41.1 Å². The Morgan fingerprint density at radius 2 is 1.96 bits per heavy atom. The Morgan fingerprint density at radius 1 is 1.19 bits per heavy atom. The Morgan fingerprint density at radius 3 is 2.54 bits per heavy atom. The van der Waals surface area contributed by atoms with Crippen LogP contribution in [-0.4, -0.2) is 29.3 Å². The lowest BCUT2D eigenvalue weighted by atomic mass is 10.1. The molecule has 132 valence electrons. The molecule has 2 aromatic heterocycles. The van der Waals surface area contributed by atoms with Crippen molar-refractivity contribution in [2.24, 2.45) is 0 Å². The van der Waals surface area contributed by atoms with E-state index >= 15 is 0 Å². The monoisotopic (exact) mass is 351 g/mol. The topological polar surface area (TPSA) is 106 Å². The zero-order valence-electron chi connectivity index (χ0n) is 14.6. The third-order valence-corrected chi connectivity index (χ3v) is 3.70. The van der Waals surface area contributed by atoms with Gasteiger partial charge in [-0.3, -0.25) is 0 Å². The molecule has 8 nitrogen and oxygen atoms in total. The van der Waals surface area contributed by atoms with Crippen LogP contribution in [0, 0.1) is 18.3 Å². The minimum atomic E-state index is -0.597. The summed E-state index contributed by atoms with van der Waals surface area (Å²) in [5, 5.41) is 16.6. The summed E-state index contributed by atoms with van der Waals surface area (Å²) < 4.78 is 15.3. The number of nitriles is 1. The van der Waals surface area contributed by atoms with E-state index in [1.165, 1.54) is 14.2 Å². The van der Waals surface area contributed by atoms with E-state index in [0.29, 0.717) is 28.9 Å². The third-order valence-electron chi connectivity index (χ3n) is 3.70. The lowest BCUT2D eigenvalue weighted by Crippen LogP contribution is -2.09. The van der Waals surface area contributed by atoms with Crippen LogP contribution in [0.5, 0.6) is 11.6 Å². The highest BCUT2D eigenvalue weighted by atomic mass is 16.5. The van der Waals surface area contributed by atoms with Gasteiger partial charge in [0.1, 0.15) is 6.04 Å². The molecule has 1 atom stereocenters. The SMILES string of the molecule is COc1cc(C(C#N)Nc2ccc(-c3noc(C)n3)cc2)cnc1OC. The summed E-state index contributed by atoms with van der Waals surface area (Å²) in [7, 11) is 3.04. The highest BCUT2D eigenvalue weighted by molar-refractivity contribution is 5.60. The van der Waals surface area contributed by atoms with Crippen LogP contribution >= 0.6 is 0 Å². The van der Waals surface area contributed by atoms with Crippen molar-refractivity contribution in [2.75, 3.05) is 19.5 Å². The fourth-order valence-electron chi connectivity index (χ4n) is 2.39. The van der Waals surface area contributed by atoms with Gasteiger partial charge in [-0.2, -0.15) is 10.2 Å². The molecular formula is C18H17N5O3. The number of aromatic nitrogens is 3. The van der Waals surface area contributed by atoms with Gasteiger partial charge in [0.15, 0.2) is 5.75 Å². The average Bonchev–Trinajstić information content (AvgIpc) is 3.12. The first-order valence-corrected chi connectivity index (χ1v) is 7.79. The van der Waals surface area contributed by atoms with E-state index in [0.717, 1.165) is 11.3 Å². The molecule has 2 heterocycles. The van der Waals surface area contributed by atoms with E-state index in [1.807, 2.05) is 24.3 Å². The van der Waals surface area contributed by atoms with Crippen LogP contribution in [0.1, 0.15) is 17.5 Å². The molecule has 0 aliphatic rings. The van der Waals surface area contributed by atoms with Crippen molar-refractivity contribution in [2.45, 2.75) is 13.0 Å². The molecule has 1 unspecified atom stereocenters. The normalized spacial score (nSPS) is 11.5. The smallest absolute Gasteiger partial charge is 0.256 e. The molecule has 26 heavy (non-hydrogen) atoms. The number of benzene rings is 1. The number of nitrogens with one attached hydrogen (secondary N) is 1. The minimum Gasteiger partial charge on any atom is -0.491 e. The van der Waals surface area contributed by atoms with Gasteiger partial charge in [0.2, 0.25) is 11.7 Å². The third kappa shape index (κ3) is 3.57. The van der Waals surface area contributed by atoms with Gasteiger partial charge in [-0.1, -0.05) is 5.16 Å². The van der Waals surface area contributed by atoms with Crippen molar-refractivity contribution in [1.29, 1.82) is 5.26 Å². The van der Waals surface area contributed by atoms with Crippen LogP contribution < -0.4 is 14.8 Å². The fraction of sp³-hybridized carbons (Fsp3) is 0.222. The van der Waals surface area contributed by atoms with Gasteiger partial charge in [0.05, 0.1) is 20.3 Å². The van der Waals surface area contributed by atoms with Crippen molar-refractivity contribution in [3.05, 3.63) is 48.0 Å².